The quantitative estimate of drug-likeness (QED) is 0.761. The first kappa shape index (κ1) is 16.1. The Morgan fingerprint density at radius 1 is 1.04 bits per heavy atom. The van der Waals surface area contributed by atoms with E-state index in [9.17, 15) is 10.1 Å². The molecule has 4 heteroatoms. The van der Waals surface area contributed by atoms with Gasteiger partial charge in [0.05, 0.1) is 5.92 Å². The van der Waals surface area contributed by atoms with Gasteiger partial charge in [-0.25, -0.2) is 0 Å². The van der Waals surface area contributed by atoms with E-state index in [4.69, 9.17) is 9.47 Å². The Labute approximate surface area is 141 Å². The van der Waals surface area contributed by atoms with Crippen LogP contribution in [0.1, 0.15) is 25.5 Å². The topological polar surface area (TPSA) is 59.3 Å². The number of nitrogens with zero attached hydrogens (tertiary/aromatic N) is 1. The molecule has 2 aromatic rings. The molecular weight excluding hydrogens is 302 g/mol. The van der Waals surface area contributed by atoms with Gasteiger partial charge in [0.25, 0.3) is 0 Å². The number of carbonyl (C=O) groups excluding carboxylic acids is 1. The number of benzene rings is 2. The summed E-state index contributed by atoms with van der Waals surface area (Å²) in [4.78, 5) is 12.1. The summed E-state index contributed by atoms with van der Waals surface area (Å²) < 4.78 is 11.2. The second-order valence-corrected chi connectivity index (χ2v) is 6.18. The second-order valence-electron chi connectivity index (χ2n) is 6.18. The minimum absolute atomic E-state index is 0.0930. The Bertz CT molecular complexity index is 758. The summed E-state index contributed by atoms with van der Waals surface area (Å²) in [6, 6.07) is 18.5. The van der Waals surface area contributed by atoms with E-state index < -0.39 is 6.10 Å². The van der Waals surface area contributed by atoms with Crippen LogP contribution in [0.4, 0.5) is 0 Å². The Kier molecular flexibility index (Phi) is 4.52. The number of hydrogen-bond acceptors (Lipinski definition) is 4. The van der Waals surface area contributed by atoms with E-state index >= 15 is 0 Å². The van der Waals surface area contributed by atoms with Crippen LogP contribution in [0.2, 0.25) is 0 Å². The monoisotopic (exact) mass is 321 g/mol. The zero-order chi connectivity index (χ0) is 17.1. The molecule has 1 aliphatic carbocycles. The van der Waals surface area contributed by atoms with Crippen molar-refractivity contribution in [3.05, 3.63) is 60.2 Å². The molecule has 2 aromatic carbocycles. The van der Waals surface area contributed by atoms with Gasteiger partial charge in [-0.05, 0) is 36.1 Å². The van der Waals surface area contributed by atoms with Crippen LogP contribution >= 0.6 is 0 Å². The summed E-state index contributed by atoms with van der Waals surface area (Å²) in [6.45, 7) is 4.04. The standard InChI is InChI=1S/C20H19NO3/c1-13-14(2)19(13)20(22)24-18(12-21)15-7-6-10-17(11-15)23-16-8-4-3-5-9-16/h3-11,13-14,18-19H,1-2H3. The zero-order valence-corrected chi connectivity index (χ0v) is 13.7. The first-order valence-corrected chi connectivity index (χ1v) is 8.03. The predicted octanol–water partition coefficient (Wildman–Crippen LogP) is 4.49. The Balaban J connectivity index is 1.72. The summed E-state index contributed by atoms with van der Waals surface area (Å²) in [7, 11) is 0. The van der Waals surface area contributed by atoms with Crippen LogP contribution < -0.4 is 4.74 Å². The van der Waals surface area contributed by atoms with Gasteiger partial charge in [0.15, 0.2) is 0 Å². The molecular formula is C20H19NO3. The number of ether oxygens (including phenoxy) is 2. The van der Waals surface area contributed by atoms with Gasteiger partial charge in [-0.3, -0.25) is 4.79 Å². The highest BCUT2D eigenvalue weighted by Crippen LogP contribution is 2.46. The van der Waals surface area contributed by atoms with Crippen LogP contribution in [0.15, 0.2) is 54.6 Å². The fourth-order valence-corrected chi connectivity index (χ4v) is 2.82. The molecule has 4 nitrogen and oxygen atoms in total. The average Bonchev–Trinajstić information content (AvgIpc) is 3.20. The normalized spacial score (nSPS) is 23.0. The highest BCUT2D eigenvalue weighted by molar-refractivity contribution is 5.76. The van der Waals surface area contributed by atoms with E-state index in [1.165, 1.54) is 0 Å². The van der Waals surface area contributed by atoms with Gasteiger partial charge in [-0.1, -0.05) is 44.2 Å². The van der Waals surface area contributed by atoms with Crippen molar-refractivity contribution < 1.29 is 14.3 Å². The van der Waals surface area contributed by atoms with E-state index in [1.54, 1.807) is 24.3 Å². The highest BCUT2D eigenvalue weighted by atomic mass is 16.5. The number of para-hydroxylation sites is 1. The van der Waals surface area contributed by atoms with Gasteiger partial charge >= 0.3 is 5.97 Å². The van der Waals surface area contributed by atoms with Crippen molar-refractivity contribution in [1.82, 2.24) is 0 Å². The third kappa shape index (κ3) is 3.41. The first-order valence-electron chi connectivity index (χ1n) is 8.03. The highest BCUT2D eigenvalue weighted by Gasteiger charge is 2.50. The van der Waals surface area contributed by atoms with Gasteiger partial charge in [0, 0.05) is 5.56 Å². The summed E-state index contributed by atoms with van der Waals surface area (Å²) in [5, 5.41) is 9.37. The van der Waals surface area contributed by atoms with E-state index in [0.717, 1.165) is 0 Å². The minimum Gasteiger partial charge on any atom is -0.457 e. The van der Waals surface area contributed by atoms with E-state index in [1.807, 2.05) is 44.2 Å². The molecule has 0 aliphatic heterocycles. The lowest BCUT2D eigenvalue weighted by atomic mass is 10.1. The van der Waals surface area contributed by atoms with Crippen molar-refractivity contribution >= 4 is 5.97 Å². The van der Waals surface area contributed by atoms with Crippen LogP contribution in [0.5, 0.6) is 11.5 Å². The number of nitriles is 1. The number of rotatable bonds is 5. The Morgan fingerprint density at radius 3 is 2.33 bits per heavy atom. The molecule has 0 heterocycles. The maximum Gasteiger partial charge on any atom is 0.311 e. The lowest BCUT2D eigenvalue weighted by molar-refractivity contribution is -0.149. The number of hydrogen-bond donors (Lipinski definition) is 0. The predicted molar refractivity (Wildman–Crippen MR) is 89.2 cm³/mol. The number of esters is 1. The smallest absolute Gasteiger partial charge is 0.311 e. The van der Waals surface area contributed by atoms with Crippen molar-refractivity contribution in [2.75, 3.05) is 0 Å². The first-order chi connectivity index (χ1) is 11.6. The third-order valence-electron chi connectivity index (χ3n) is 4.58. The zero-order valence-electron chi connectivity index (χ0n) is 13.7. The molecule has 0 spiro atoms. The average molecular weight is 321 g/mol. The molecule has 122 valence electrons. The van der Waals surface area contributed by atoms with Gasteiger partial charge in [-0.15, -0.1) is 0 Å². The molecule has 1 saturated carbocycles. The largest absolute Gasteiger partial charge is 0.457 e. The fraction of sp³-hybridized carbons (Fsp3) is 0.300. The number of carbonyl (C=O) groups is 1. The van der Waals surface area contributed by atoms with Gasteiger partial charge < -0.3 is 9.47 Å². The second kappa shape index (κ2) is 6.76. The molecule has 24 heavy (non-hydrogen) atoms. The van der Waals surface area contributed by atoms with Crippen LogP contribution in [-0.2, 0) is 9.53 Å². The maximum atomic E-state index is 12.1. The van der Waals surface area contributed by atoms with Gasteiger partial charge in [0.1, 0.15) is 17.6 Å². The van der Waals surface area contributed by atoms with E-state index in [0.29, 0.717) is 28.9 Å². The van der Waals surface area contributed by atoms with Crippen LogP contribution in [0.25, 0.3) is 0 Å². The molecule has 0 saturated heterocycles. The molecule has 1 fully saturated rings. The third-order valence-corrected chi connectivity index (χ3v) is 4.58. The van der Waals surface area contributed by atoms with Crippen molar-refractivity contribution in [2.45, 2.75) is 20.0 Å². The lowest BCUT2D eigenvalue weighted by Crippen LogP contribution is -2.13. The maximum absolute atomic E-state index is 12.1. The molecule has 3 rings (SSSR count). The van der Waals surface area contributed by atoms with Gasteiger partial charge in [-0.2, -0.15) is 5.26 Å². The molecule has 1 aliphatic rings. The van der Waals surface area contributed by atoms with Crippen molar-refractivity contribution in [1.29, 1.82) is 5.26 Å². The summed E-state index contributed by atoms with van der Waals surface area (Å²) in [5.41, 5.74) is 0.611. The van der Waals surface area contributed by atoms with Crippen LogP contribution in [0, 0.1) is 29.1 Å². The lowest BCUT2D eigenvalue weighted by Gasteiger charge is -2.13. The molecule has 0 aromatic heterocycles. The molecule has 0 N–H and O–H groups in total. The van der Waals surface area contributed by atoms with E-state index in [-0.39, 0.29) is 11.9 Å². The Hall–Kier alpha value is -2.80. The fourth-order valence-electron chi connectivity index (χ4n) is 2.82. The van der Waals surface area contributed by atoms with Crippen LogP contribution in [-0.4, -0.2) is 5.97 Å². The van der Waals surface area contributed by atoms with Crippen molar-refractivity contribution in [3.8, 4) is 17.6 Å². The summed E-state index contributed by atoms with van der Waals surface area (Å²) in [5.74, 6) is 1.57. The van der Waals surface area contributed by atoms with Crippen LogP contribution in [0.3, 0.4) is 0 Å². The molecule has 0 amide bonds. The molecule has 3 unspecified atom stereocenters. The summed E-state index contributed by atoms with van der Waals surface area (Å²) >= 11 is 0. The van der Waals surface area contributed by atoms with Gasteiger partial charge in [0.2, 0.25) is 6.10 Å². The molecule has 0 bridgehead atoms. The van der Waals surface area contributed by atoms with Crippen molar-refractivity contribution in [2.24, 2.45) is 17.8 Å². The van der Waals surface area contributed by atoms with Crippen molar-refractivity contribution in [3.63, 3.8) is 0 Å². The minimum atomic E-state index is -0.920. The van der Waals surface area contributed by atoms with E-state index in [2.05, 4.69) is 6.07 Å². The Morgan fingerprint density at radius 2 is 1.71 bits per heavy atom. The molecule has 0 radical (unpaired) electrons. The molecule has 3 atom stereocenters. The summed E-state index contributed by atoms with van der Waals surface area (Å²) in [6.07, 6.45) is -0.920. The SMILES string of the molecule is CC1C(C)C1C(=O)OC(C#N)c1cccc(Oc2ccccc2)c1.